The van der Waals surface area contributed by atoms with Crippen molar-refractivity contribution in [2.24, 2.45) is 5.92 Å². The number of rotatable bonds is 4. The molecule has 0 spiro atoms. The molecule has 1 aromatic carbocycles. The maximum atomic E-state index is 14.1. The van der Waals surface area contributed by atoms with Gasteiger partial charge in [-0.05, 0) is 85.8 Å². The number of hydrogen-bond donors (Lipinski definition) is 4. The summed E-state index contributed by atoms with van der Waals surface area (Å²) in [6.45, 7) is 5.21. The van der Waals surface area contributed by atoms with Gasteiger partial charge in [-0.3, -0.25) is 9.59 Å². The first-order chi connectivity index (χ1) is 21.3. The number of phenols is 1. The standard InChI is InChI=1S/C30H38BrN7O7/c1-29(2,3)45-28(44)32-21-10-8-6-4-5-7-9-18-15-30(18,27(42)43)33-25(40)22-14-19(16-37(22)26(21)41)38-35-24(34-36-38)17-11-12-23(39)20(31)13-17/h7,9,11-13,18-19,21-22,39H,4-6,8,10,14-16H2,1-3H3,(H,32,44)(H,33,40)(H,42,43)/t18-,19+,21-,22+,30+/m1/s1. The Morgan fingerprint density at radius 3 is 2.69 bits per heavy atom. The van der Waals surface area contributed by atoms with Crippen LogP contribution in [0.3, 0.4) is 0 Å². The third kappa shape index (κ3) is 7.29. The van der Waals surface area contributed by atoms with Crippen LogP contribution in [-0.2, 0) is 19.1 Å². The van der Waals surface area contributed by atoms with Gasteiger partial charge < -0.3 is 30.5 Å². The average molecular weight is 689 g/mol. The summed E-state index contributed by atoms with van der Waals surface area (Å²) in [6, 6.07) is 2.19. The highest BCUT2D eigenvalue weighted by atomic mass is 79.9. The Bertz CT molecular complexity index is 1510. The van der Waals surface area contributed by atoms with E-state index >= 15 is 0 Å². The molecule has 0 bridgehead atoms. The predicted molar refractivity (Wildman–Crippen MR) is 164 cm³/mol. The predicted octanol–water partition coefficient (Wildman–Crippen LogP) is 3.32. The average Bonchev–Trinajstić information content (AvgIpc) is 3.28. The van der Waals surface area contributed by atoms with E-state index in [4.69, 9.17) is 4.74 Å². The van der Waals surface area contributed by atoms with Crippen molar-refractivity contribution >= 4 is 39.8 Å². The summed E-state index contributed by atoms with van der Waals surface area (Å²) in [4.78, 5) is 55.8. The summed E-state index contributed by atoms with van der Waals surface area (Å²) in [5.41, 5.74) is -1.64. The van der Waals surface area contributed by atoms with Crippen molar-refractivity contribution in [3.8, 4) is 17.1 Å². The van der Waals surface area contributed by atoms with Gasteiger partial charge in [-0.1, -0.05) is 25.0 Å². The fourth-order valence-corrected chi connectivity index (χ4v) is 6.22. The second-order valence-corrected chi connectivity index (χ2v) is 13.7. The van der Waals surface area contributed by atoms with Crippen LogP contribution in [0.1, 0.15) is 71.8 Å². The molecule has 2 aliphatic heterocycles. The number of carbonyl (C=O) groups excluding carboxylic acids is 3. The number of carboxylic acids is 1. The number of benzene rings is 1. The zero-order valence-corrected chi connectivity index (χ0v) is 27.0. The van der Waals surface area contributed by atoms with Gasteiger partial charge in [-0.15, -0.1) is 10.2 Å². The summed E-state index contributed by atoms with van der Waals surface area (Å²) in [6.07, 6.45) is 6.75. The Morgan fingerprint density at radius 1 is 1.20 bits per heavy atom. The van der Waals surface area contributed by atoms with Crippen LogP contribution in [0.15, 0.2) is 34.8 Å². The highest BCUT2D eigenvalue weighted by molar-refractivity contribution is 9.10. The summed E-state index contributed by atoms with van der Waals surface area (Å²) in [5, 5.41) is 38.2. The maximum Gasteiger partial charge on any atom is 0.408 e. The molecule has 15 heteroatoms. The molecule has 2 fully saturated rings. The first kappa shape index (κ1) is 32.4. The summed E-state index contributed by atoms with van der Waals surface area (Å²) in [5.74, 6) is -2.23. The molecule has 1 aromatic heterocycles. The van der Waals surface area contributed by atoms with Crippen LogP contribution < -0.4 is 10.6 Å². The van der Waals surface area contributed by atoms with E-state index in [2.05, 4.69) is 42.0 Å². The number of allylic oxidation sites excluding steroid dienone is 1. The van der Waals surface area contributed by atoms with E-state index < -0.39 is 53.1 Å². The largest absolute Gasteiger partial charge is 0.507 e. The molecule has 45 heavy (non-hydrogen) atoms. The number of fused-ring (bicyclic) bond motifs is 2. The molecule has 4 N–H and O–H groups in total. The Labute approximate surface area is 268 Å². The molecular weight excluding hydrogens is 650 g/mol. The van der Waals surface area contributed by atoms with Crippen LogP contribution >= 0.6 is 15.9 Å². The van der Waals surface area contributed by atoms with Gasteiger partial charge in [0.05, 0.1) is 10.5 Å². The number of alkyl carbamates (subject to hydrolysis) is 1. The van der Waals surface area contributed by atoms with Gasteiger partial charge in [0, 0.05) is 24.4 Å². The topological polar surface area (TPSA) is 189 Å². The minimum absolute atomic E-state index is 0.0297. The van der Waals surface area contributed by atoms with Crippen molar-refractivity contribution in [3.05, 3.63) is 34.8 Å². The molecule has 3 aliphatic rings. The number of amides is 3. The van der Waals surface area contributed by atoms with E-state index in [1.807, 2.05) is 12.2 Å². The number of hydrogen-bond acceptors (Lipinski definition) is 9. The molecular formula is C30H38BrN7O7. The second kappa shape index (κ2) is 12.8. The Morgan fingerprint density at radius 2 is 1.98 bits per heavy atom. The zero-order valence-electron chi connectivity index (χ0n) is 25.4. The molecule has 3 heterocycles. The number of aliphatic carboxylic acids is 1. The van der Waals surface area contributed by atoms with Crippen LogP contribution in [0.4, 0.5) is 4.79 Å². The van der Waals surface area contributed by atoms with E-state index in [9.17, 15) is 29.4 Å². The smallest absolute Gasteiger partial charge is 0.408 e. The maximum absolute atomic E-state index is 14.1. The van der Waals surface area contributed by atoms with Gasteiger partial charge >= 0.3 is 12.1 Å². The van der Waals surface area contributed by atoms with Crippen LogP contribution in [0.5, 0.6) is 5.75 Å². The monoisotopic (exact) mass is 687 g/mol. The molecule has 2 aromatic rings. The number of tetrazole rings is 1. The molecule has 1 saturated heterocycles. The van der Waals surface area contributed by atoms with Gasteiger partial charge in [0.25, 0.3) is 0 Å². The fourth-order valence-electron chi connectivity index (χ4n) is 5.84. The van der Waals surface area contributed by atoms with Crippen molar-refractivity contribution in [1.82, 2.24) is 35.7 Å². The SMILES string of the molecule is CC(C)(C)OC(=O)N[C@@H]1CCCCCC=C[C@@H]2C[C@]2(C(=O)O)NC(=O)[C@@H]2C[C@H](n3nnc(-c4ccc(O)c(Br)c4)n3)CN2C1=O. The molecule has 242 valence electrons. The van der Waals surface area contributed by atoms with Gasteiger partial charge in [-0.25, -0.2) is 9.59 Å². The van der Waals surface area contributed by atoms with Crippen LogP contribution in [-0.4, -0.2) is 89.0 Å². The summed E-state index contributed by atoms with van der Waals surface area (Å²) >= 11 is 3.28. The molecule has 3 amide bonds. The quantitative estimate of drug-likeness (QED) is 0.347. The molecule has 5 atom stereocenters. The number of carboxylic acid groups (broad SMARTS) is 1. The molecule has 5 rings (SSSR count). The van der Waals surface area contributed by atoms with Crippen molar-refractivity contribution in [3.63, 3.8) is 0 Å². The third-order valence-electron chi connectivity index (χ3n) is 8.29. The normalized spacial score (nSPS) is 27.4. The molecule has 1 aliphatic carbocycles. The second-order valence-electron chi connectivity index (χ2n) is 12.8. The van der Waals surface area contributed by atoms with Crippen molar-refractivity contribution in [2.45, 2.75) is 95.0 Å². The number of carbonyl (C=O) groups is 4. The van der Waals surface area contributed by atoms with Gasteiger partial charge in [-0.2, -0.15) is 4.80 Å². The minimum Gasteiger partial charge on any atom is -0.507 e. The fraction of sp³-hybridized carbons (Fsp3) is 0.567. The molecule has 14 nitrogen and oxygen atoms in total. The van der Waals surface area contributed by atoms with Crippen molar-refractivity contribution in [2.75, 3.05) is 6.54 Å². The van der Waals surface area contributed by atoms with E-state index in [0.717, 1.165) is 19.3 Å². The van der Waals surface area contributed by atoms with Crippen LogP contribution in [0.25, 0.3) is 11.4 Å². The Balaban J connectivity index is 1.45. The highest BCUT2D eigenvalue weighted by Crippen LogP contribution is 2.45. The number of ether oxygens (including phenoxy) is 1. The number of aromatic hydroxyl groups is 1. The van der Waals surface area contributed by atoms with E-state index in [-0.39, 0.29) is 36.9 Å². The van der Waals surface area contributed by atoms with Gasteiger partial charge in [0.15, 0.2) is 0 Å². The number of aromatic nitrogens is 4. The minimum atomic E-state index is -1.44. The number of halogens is 1. The Hall–Kier alpha value is -4.01. The third-order valence-corrected chi connectivity index (χ3v) is 8.92. The van der Waals surface area contributed by atoms with Crippen molar-refractivity contribution < 1.29 is 34.1 Å². The first-order valence-electron chi connectivity index (χ1n) is 15.1. The van der Waals surface area contributed by atoms with Gasteiger partial charge in [0.2, 0.25) is 17.6 Å². The van der Waals surface area contributed by atoms with Crippen LogP contribution in [0.2, 0.25) is 0 Å². The lowest BCUT2D eigenvalue weighted by molar-refractivity contribution is -0.145. The number of phenolic OH excluding ortho intramolecular Hbond substituents is 1. The zero-order chi connectivity index (χ0) is 32.5. The van der Waals surface area contributed by atoms with E-state index in [1.54, 1.807) is 32.9 Å². The molecule has 0 unspecified atom stereocenters. The lowest BCUT2D eigenvalue weighted by Crippen LogP contribution is -2.56. The first-order valence-corrected chi connectivity index (χ1v) is 15.9. The summed E-state index contributed by atoms with van der Waals surface area (Å²) < 4.78 is 5.88. The number of nitrogens with one attached hydrogen (secondary N) is 2. The van der Waals surface area contributed by atoms with Crippen molar-refractivity contribution in [1.29, 1.82) is 0 Å². The van der Waals surface area contributed by atoms with Crippen LogP contribution in [0, 0.1) is 5.92 Å². The lowest BCUT2D eigenvalue weighted by Gasteiger charge is -2.30. The number of nitrogens with zero attached hydrogens (tertiary/aromatic N) is 5. The summed E-state index contributed by atoms with van der Waals surface area (Å²) in [7, 11) is 0. The Kier molecular flexibility index (Phi) is 9.19. The van der Waals surface area contributed by atoms with Gasteiger partial charge in [0.1, 0.15) is 29.0 Å². The lowest BCUT2D eigenvalue weighted by atomic mass is 10.0. The molecule has 0 radical (unpaired) electrons. The highest BCUT2D eigenvalue weighted by Gasteiger charge is 2.61. The van der Waals surface area contributed by atoms with E-state index in [0.29, 0.717) is 22.9 Å². The molecule has 1 saturated carbocycles. The van der Waals surface area contributed by atoms with E-state index in [1.165, 1.54) is 15.8 Å².